The summed E-state index contributed by atoms with van der Waals surface area (Å²) >= 11 is 0. The summed E-state index contributed by atoms with van der Waals surface area (Å²) in [5, 5.41) is 1.90. The van der Waals surface area contributed by atoms with E-state index in [1.54, 1.807) is 0 Å². The van der Waals surface area contributed by atoms with E-state index in [4.69, 9.17) is 0 Å². The van der Waals surface area contributed by atoms with Crippen molar-refractivity contribution in [1.29, 1.82) is 0 Å². The van der Waals surface area contributed by atoms with Crippen LogP contribution in [0.3, 0.4) is 0 Å². The van der Waals surface area contributed by atoms with Gasteiger partial charge < -0.3 is 0 Å². The highest BCUT2D eigenvalue weighted by atomic mass is 33.1. The van der Waals surface area contributed by atoms with Crippen molar-refractivity contribution in [2.24, 2.45) is 46.3 Å². The Morgan fingerprint density at radius 3 is 2.63 bits per heavy atom. The summed E-state index contributed by atoms with van der Waals surface area (Å²) in [6, 6.07) is 6.27. The van der Waals surface area contributed by atoms with Gasteiger partial charge in [-0.15, -0.1) is 0 Å². The SMILES string of the molecule is CC(C)CCCC(C)[C@H]1CC[C@H]2[C@@H]3CC=C4C[C@@H](SSc5ccccn5)CC[C@]4(C)[C@H]3CC[C@]12C. The van der Waals surface area contributed by atoms with Gasteiger partial charge in [-0.25, -0.2) is 4.98 Å². The van der Waals surface area contributed by atoms with E-state index in [0.29, 0.717) is 10.8 Å². The zero-order valence-electron chi connectivity index (χ0n) is 23.0. The summed E-state index contributed by atoms with van der Waals surface area (Å²) in [7, 11) is 3.96. The summed E-state index contributed by atoms with van der Waals surface area (Å²) < 4.78 is 0. The molecule has 0 aromatic carbocycles. The molecule has 1 aromatic heterocycles. The molecule has 3 fully saturated rings. The Bertz CT molecular complexity index is 881. The molecule has 5 rings (SSSR count). The molecule has 35 heavy (non-hydrogen) atoms. The average Bonchev–Trinajstić information content (AvgIpc) is 3.20. The van der Waals surface area contributed by atoms with Gasteiger partial charge in [0.1, 0.15) is 5.03 Å². The Labute approximate surface area is 223 Å². The van der Waals surface area contributed by atoms with Gasteiger partial charge in [-0.05, 0) is 121 Å². The first-order chi connectivity index (χ1) is 16.8. The highest BCUT2D eigenvalue weighted by Gasteiger charge is 2.59. The quantitative estimate of drug-likeness (QED) is 0.254. The summed E-state index contributed by atoms with van der Waals surface area (Å²) in [6.45, 7) is 12.8. The normalized spacial score (nSPS) is 39.5. The predicted molar refractivity (Wildman–Crippen MR) is 155 cm³/mol. The number of hydrogen-bond donors (Lipinski definition) is 0. The van der Waals surface area contributed by atoms with E-state index in [2.05, 4.69) is 68.6 Å². The standard InChI is InChI=1S/C32H49NS2/c1-22(2)9-8-10-23(3)27-14-15-28-26-13-12-24-21-25(34-35-30-11-6-7-20-33-30)16-18-31(24,4)29(26)17-19-32(27,28)5/h6-7,11-12,20,22-23,25-29H,8-10,13-19,21H2,1-5H3/t23?,25-,26-,27+,28-,29-,31-,32+/m0/s1. The van der Waals surface area contributed by atoms with Gasteiger partial charge in [0.05, 0.1) is 0 Å². The Kier molecular flexibility index (Phi) is 8.05. The van der Waals surface area contributed by atoms with Crippen LogP contribution >= 0.6 is 21.6 Å². The topological polar surface area (TPSA) is 12.9 Å². The monoisotopic (exact) mass is 511 g/mol. The minimum absolute atomic E-state index is 0.470. The molecule has 3 heteroatoms. The van der Waals surface area contributed by atoms with Gasteiger partial charge in [0, 0.05) is 11.4 Å². The number of aromatic nitrogens is 1. The lowest BCUT2D eigenvalue weighted by molar-refractivity contribution is -0.0497. The van der Waals surface area contributed by atoms with Gasteiger partial charge in [0.2, 0.25) is 0 Å². The fourth-order valence-electron chi connectivity index (χ4n) is 9.25. The van der Waals surface area contributed by atoms with Crippen LogP contribution in [-0.4, -0.2) is 10.2 Å². The van der Waals surface area contributed by atoms with E-state index in [1.165, 1.54) is 70.6 Å². The van der Waals surface area contributed by atoms with Crippen LogP contribution in [0, 0.1) is 46.3 Å². The number of allylic oxidation sites excluding steroid dienone is 2. The molecule has 4 aliphatic carbocycles. The molecule has 194 valence electrons. The smallest absolute Gasteiger partial charge is 0.106 e. The molecule has 8 atom stereocenters. The molecule has 1 heterocycles. The largest absolute Gasteiger partial charge is 0.249 e. The van der Waals surface area contributed by atoms with Gasteiger partial charge in [-0.2, -0.15) is 0 Å². The zero-order valence-corrected chi connectivity index (χ0v) is 24.6. The molecule has 0 bridgehead atoms. The third-order valence-corrected chi connectivity index (χ3v) is 14.0. The Morgan fingerprint density at radius 2 is 1.86 bits per heavy atom. The van der Waals surface area contributed by atoms with Gasteiger partial charge in [-0.3, -0.25) is 0 Å². The van der Waals surface area contributed by atoms with Crippen molar-refractivity contribution in [2.75, 3.05) is 0 Å². The van der Waals surface area contributed by atoms with Crippen molar-refractivity contribution in [1.82, 2.24) is 4.98 Å². The highest BCUT2D eigenvalue weighted by Crippen LogP contribution is 2.67. The van der Waals surface area contributed by atoms with Crippen LogP contribution in [-0.2, 0) is 0 Å². The first kappa shape index (κ1) is 26.2. The molecule has 0 aliphatic heterocycles. The second kappa shape index (κ2) is 10.8. The van der Waals surface area contributed by atoms with Crippen LogP contribution in [0.5, 0.6) is 0 Å². The van der Waals surface area contributed by atoms with Crippen molar-refractivity contribution < 1.29 is 0 Å². The minimum Gasteiger partial charge on any atom is -0.249 e. The minimum atomic E-state index is 0.470. The molecule has 0 spiro atoms. The maximum Gasteiger partial charge on any atom is 0.106 e. The molecule has 0 amide bonds. The first-order valence-corrected chi connectivity index (χ1v) is 17.0. The molecule has 4 aliphatic rings. The lowest BCUT2D eigenvalue weighted by Gasteiger charge is -2.58. The van der Waals surface area contributed by atoms with E-state index >= 15 is 0 Å². The molecule has 1 unspecified atom stereocenters. The second-order valence-corrected chi connectivity index (χ2v) is 16.0. The van der Waals surface area contributed by atoms with Crippen LogP contribution in [0.2, 0.25) is 0 Å². The molecular formula is C32H49NS2. The molecule has 1 aromatic rings. The van der Waals surface area contributed by atoms with Gasteiger partial charge in [-0.1, -0.05) is 82.4 Å². The molecule has 3 saturated carbocycles. The summed E-state index contributed by atoms with van der Waals surface area (Å²) in [5.41, 5.74) is 2.90. The third-order valence-electron chi connectivity index (χ3n) is 11.2. The van der Waals surface area contributed by atoms with Gasteiger partial charge >= 0.3 is 0 Å². The summed E-state index contributed by atoms with van der Waals surface area (Å²) in [6.07, 6.45) is 20.4. The van der Waals surface area contributed by atoms with Gasteiger partial charge in [0.15, 0.2) is 0 Å². The van der Waals surface area contributed by atoms with Crippen LogP contribution in [0.15, 0.2) is 41.1 Å². The Morgan fingerprint density at radius 1 is 1.00 bits per heavy atom. The van der Waals surface area contributed by atoms with Crippen LogP contribution < -0.4 is 0 Å². The number of rotatable bonds is 8. The highest BCUT2D eigenvalue weighted by molar-refractivity contribution is 8.76. The molecular weight excluding hydrogens is 462 g/mol. The fraction of sp³-hybridized carbons (Fsp3) is 0.781. The first-order valence-electron chi connectivity index (χ1n) is 14.7. The Hall–Kier alpha value is -0.410. The van der Waals surface area contributed by atoms with E-state index in [0.717, 1.165) is 45.8 Å². The maximum atomic E-state index is 4.52. The van der Waals surface area contributed by atoms with E-state index in [9.17, 15) is 0 Å². The van der Waals surface area contributed by atoms with E-state index in [1.807, 2.05) is 28.6 Å². The van der Waals surface area contributed by atoms with Crippen molar-refractivity contribution in [2.45, 2.75) is 116 Å². The second-order valence-electron chi connectivity index (χ2n) is 13.5. The van der Waals surface area contributed by atoms with Gasteiger partial charge in [0.25, 0.3) is 0 Å². The molecule has 0 N–H and O–H groups in total. The molecule has 1 nitrogen and oxygen atoms in total. The summed E-state index contributed by atoms with van der Waals surface area (Å²) in [4.78, 5) is 4.52. The van der Waals surface area contributed by atoms with Crippen molar-refractivity contribution in [3.8, 4) is 0 Å². The van der Waals surface area contributed by atoms with Crippen LogP contribution in [0.1, 0.15) is 105 Å². The lowest BCUT2D eigenvalue weighted by Crippen LogP contribution is -2.50. The van der Waals surface area contributed by atoms with Crippen molar-refractivity contribution >= 4 is 21.6 Å². The number of hydrogen-bond acceptors (Lipinski definition) is 3. The fourth-order valence-corrected chi connectivity index (χ4v) is 11.7. The van der Waals surface area contributed by atoms with E-state index in [-0.39, 0.29) is 0 Å². The van der Waals surface area contributed by atoms with Crippen molar-refractivity contribution in [3.05, 3.63) is 36.0 Å². The summed E-state index contributed by atoms with van der Waals surface area (Å²) in [5.74, 6) is 5.59. The number of fused-ring (bicyclic) bond motifs is 5. The third kappa shape index (κ3) is 5.16. The predicted octanol–water partition coefficient (Wildman–Crippen LogP) is 10.2. The number of nitrogens with zero attached hydrogens (tertiary/aromatic N) is 1. The molecule has 0 saturated heterocycles. The maximum absolute atomic E-state index is 4.52. The number of pyridine rings is 1. The average molecular weight is 512 g/mol. The van der Waals surface area contributed by atoms with Crippen LogP contribution in [0.25, 0.3) is 0 Å². The van der Waals surface area contributed by atoms with Crippen LogP contribution in [0.4, 0.5) is 0 Å². The van der Waals surface area contributed by atoms with Crippen molar-refractivity contribution in [3.63, 3.8) is 0 Å². The Balaban J connectivity index is 1.24. The van der Waals surface area contributed by atoms with E-state index < -0.39 is 0 Å². The lowest BCUT2D eigenvalue weighted by atomic mass is 9.47. The zero-order chi connectivity index (χ0) is 24.6. The molecule has 0 radical (unpaired) electrons.